The molecule has 3 rings (SSSR count). The summed E-state index contributed by atoms with van der Waals surface area (Å²) in [6.07, 6.45) is 3.83. The number of carbonyl (C=O) groups is 1. The quantitative estimate of drug-likeness (QED) is 0.882. The number of carbonyl (C=O) groups excluding carboxylic acids is 1. The highest BCUT2D eigenvalue weighted by Crippen LogP contribution is 2.25. The number of hydrogen-bond acceptors (Lipinski definition) is 4. The number of ether oxygens (including phenoxy) is 1. The lowest BCUT2D eigenvalue weighted by Crippen LogP contribution is -2.43. The maximum Gasteiger partial charge on any atom is 0.321 e. The van der Waals surface area contributed by atoms with E-state index in [1.807, 2.05) is 30.3 Å². The van der Waals surface area contributed by atoms with E-state index in [0.717, 1.165) is 16.8 Å². The number of morpholine rings is 1. The molecule has 2 heterocycles. The minimum Gasteiger partial charge on any atom is -0.378 e. The van der Waals surface area contributed by atoms with Crippen molar-refractivity contribution < 1.29 is 17.9 Å². The van der Waals surface area contributed by atoms with Crippen LogP contribution in [0.1, 0.15) is 12.0 Å². The van der Waals surface area contributed by atoms with Gasteiger partial charge in [-0.1, -0.05) is 18.2 Å². The summed E-state index contributed by atoms with van der Waals surface area (Å²) in [5, 5.41) is 2.92. The average Bonchev–Trinajstić information content (AvgIpc) is 2.62. The Bertz CT molecular complexity index is 770. The predicted molar refractivity (Wildman–Crippen MR) is 96.9 cm³/mol. The van der Waals surface area contributed by atoms with E-state index in [9.17, 15) is 13.2 Å². The van der Waals surface area contributed by atoms with Crippen LogP contribution in [0.3, 0.4) is 0 Å². The highest BCUT2D eigenvalue weighted by Gasteiger charge is 2.21. The van der Waals surface area contributed by atoms with Gasteiger partial charge in [-0.25, -0.2) is 13.2 Å². The molecule has 1 aromatic carbocycles. The first-order chi connectivity index (χ1) is 11.9. The van der Waals surface area contributed by atoms with Gasteiger partial charge < -0.3 is 15.0 Å². The lowest BCUT2D eigenvalue weighted by atomic mass is 10.00. The fourth-order valence-electron chi connectivity index (χ4n) is 2.98. The maximum absolute atomic E-state index is 12.3. The molecule has 1 N–H and O–H groups in total. The lowest BCUT2D eigenvalue weighted by molar-refractivity contribution is 0.0564. The minimum absolute atomic E-state index is 0.124. The minimum atomic E-state index is -3.15. The first-order valence-corrected chi connectivity index (χ1v) is 10.2. The van der Waals surface area contributed by atoms with Crippen LogP contribution in [0, 0.1) is 0 Å². The molecule has 0 bridgehead atoms. The van der Waals surface area contributed by atoms with Crippen LogP contribution >= 0.6 is 0 Å². The first-order valence-electron chi connectivity index (χ1n) is 8.32. The molecule has 8 heteroatoms. The molecule has 0 spiro atoms. The number of nitrogens with zero attached hydrogens (tertiary/aromatic N) is 2. The van der Waals surface area contributed by atoms with Crippen molar-refractivity contribution in [2.75, 3.05) is 51.0 Å². The fourth-order valence-corrected chi connectivity index (χ4v) is 3.75. The van der Waals surface area contributed by atoms with Gasteiger partial charge in [0, 0.05) is 31.9 Å². The molecule has 25 heavy (non-hydrogen) atoms. The molecule has 0 saturated carbocycles. The molecule has 0 aliphatic carbocycles. The van der Waals surface area contributed by atoms with Gasteiger partial charge in [0.15, 0.2) is 0 Å². The Balaban J connectivity index is 1.67. The molecule has 0 atom stereocenters. The van der Waals surface area contributed by atoms with Crippen molar-refractivity contribution in [2.45, 2.75) is 6.42 Å². The number of urea groups is 1. The van der Waals surface area contributed by atoms with Crippen LogP contribution in [-0.2, 0) is 14.8 Å². The summed E-state index contributed by atoms with van der Waals surface area (Å²) in [6.45, 7) is 3.19. The van der Waals surface area contributed by atoms with E-state index in [0.29, 0.717) is 45.8 Å². The van der Waals surface area contributed by atoms with Gasteiger partial charge >= 0.3 is 6.03 Å². The van der Waals surface area contributed by atoms with Crippen molar-refractivity contribution in [3.63, 3.8) is 0 Å². The number of hydrogen-bond donors (Lipinski definition) is 1. The van der Waals surface area contributed by atoms with Gasteiger partial charge in [0.2, 0.25) is 10.0 Å². The highest BCUT2D eigenvalue weighted by molar-refractivity contribution is 7.88. The van der Waals surface area contributed by atoms with Gasteiger partial charge in [0.05, 0.1) is 19.5 Å². The third kappa shape index (κ3) is 4.59. The van der Waals surface area contributed by atoms with Crippen LogP contribution < -0.4 is 5.32 Å². The largest absolute Gasteiger partial charge is 0.378 e. The van der Waals surface area contributed by atoms with E-state index < -0.39 is 10.0 Å². The second kappa shape index (κ2) is 7.55. The SMILES string of the molecule is CS(=O)(=O)N1CC=C(c2cccc(NC(=O)N3CCOCC3)c2)CC1. The number of benzene rings is 1. The van der Waals surface area contributed by atoms with Gasteiger partial charge in [-0.2, -0.15) is 4.31 Å². The van der Waals surface area contributed by atoms with Crippen LogP contribution in [0.5, 0.6) is 0 Å². The van der Waals surface area contributed by atoms with E-state index in [1.54, 1.807) is 4.90 Å². The van der Waals surface area contributed by atoms with Crippen molar-refractivity contribution in [1.29, 1.82) is 0 Å². The van der Waals surface area contributed by atoms with Crippen LogP contribution in [0.25, 0.3) is 5.57 Å². The normalized spacial score (nSPS) is 19.4. The Hall–Kier alpha value is -1.90. The zero-order chi connectivity index (χ0) is 17.9. The van der Waals surface area contributed by atoms with Crippen molar-refractivity contribution in [3.8, 4) is 0 Å². The summed E-state index contributed by atoms with van der Waals surface area (Å²) in [5.41, 5.74) is 2.84. The van der Waals surface area contributed by atoms with Crippen LogP contribution in [0.15, 0.2) is 30.3 Å². The zero-order valence-electron chi connectivity index (χ0n) is 14.3. The third-order valence-corrected chi connectivity index (χ3v) is 5.69. The molecule has 1 fully saturated rings. The molecule has 0 radical (unpaired) electrons. The molecule has 0 aromatic heterocycles. The molecule has 2 aliphatic heterocycles. The van der Waals surface area contributed by atoms with E-state index in [-0.39, 0.29) is 6.03 Å². The first kappa shape index (κ1) is 17.9. The van der Waals surface area contributed by atoms with Gasteiger partial charge in [-0.3, -0.25) is 0 Å². The van der Waals surface area contributed by atoms with Crippen LogP contribution in [0.4, 0.5) is 10.5 Å². The smallest absolute Gasteiger partial charge is 0.321 e. The molecule has 2 aliphatic rings. The number of nitrogens with one attached hydrogen (secondary N) is 1. The van der Waals surface area contributed by atoms with Gasteiger partial charge in [0.25, 0.3) is 0 Å². The Morgan fingerprint density at radius 2 is 1.96 bits per heavy atom. The summed E-state index contributed by atoms with van der Waals surface area (Å²) < 4.78 is 29.9. The van der Waals surface area contributed by atoms with E-state index >= 15 is 0 Å². The summed E-state index contributed by atoms with van der Waals surface area (Å²) in [6, 6.07) is 7.54. The average molecular weight is 365 g/mol. The Labute approximate surface area is 148 Å². The zero-order valence-corrected chi connectivity index (χ0v) is 15.1. The number of rotatable bonds is 3. The monoisotopic (exact) mass is 365 g/mol. The number of sulfonamides is 1. The molecule has 1 saturated heterocycles. The Kier molecular flexibility index (Phi) is 5.41. The second-order valence-electron chi connectivity index (χ2n) is 6.21. The van der Waals surface area contributed by atoms with E-state index in [4.69, 9.17) is 4.74 Å². The summed E-state index contributed by atoms with van der Waals surface area (Å²) in [7, 11) is -3.15. The van der Waals surface area contributed by atoms with Crippen molar-refractivity contribution in [3.05, 3.63) is 35.9 Å². The maximum atomic E-state index is 12.3. The lowest BCUT2D eigenvalue weighted by Gasteiger charge is -2.27. The molecule has 0 unspecified atom stereocenters. The van der Waals surface area contributed by atoms with Gasteiger partial charge in [0.1, 0.15) is 0 Å². The molecular formula is C17H23N3O4S. The second-order valence-corrected chi connectivity index (χ2v) is 8.19. The summed E-state index contributed by atoms with van der Waals surface area (Å²) in [4.78, 5) is 14.0. The highest BCUT2D eigenvalue weighted by atomic mass is 32.2. The number of anilines is 1. The Morgan fingerprint density at radius 1 is 1.20 bits per heavy atom. The molecular weight excluding hydrogens is 342 g/mol. The number of amides is 2. The van der Waals surface area contributed by atoms with Crippen molar-refractivity contribution in [1.82, 2.24) is 9.21 Å². The van der Waals surface area contributed by atoms with E-state index in [2.05, 4.69) is 5.32 Å². The van der Waals surface area contributed by atoms with E-state index in [1.165, 1.54) is 10.6 Å². The standard InChI is InChI=1S/C17H23N3O4S/c1-25(22,23)20-7-5-14(6-8-20)15-3-2-4-16(13-15)18-17(21)19-9-11-24-12-10-19/h2-5,13H,6-12H2,1H3,(H,18,21). The topological polar surface area (TPSA) is 79.0 Å². The van der Waals surface area contributed by atoms with Crippen LogP contribution in [0.2, 0.25) is 0 Å². The Morgan fingerprint density at radius 3 is 2.60 bits per heavy atom. The summed E-state index contributed by atoms with van der Waals surface area (Å²) >= 11 is 0. The van der Waals surface area contributed by atoms with Gasteiger partial charge in [-0.15, -0.1) is 0 Å². The molecule has 2 amide bonds. The molecule has 1 aromatic rings. The van der Waals surface area contributed by atoms with Crippen molar-refractivity contribution >= 4 is 27.3 Å². The van der Waals surface area contributed by atoms with Crippen molar-refractivity contribution in [2.24, 2.45) is 0 Å². The summed E-state index contributed by atoms with van der Waals surface area (Å²) in [5.74, 6) is 0. The molecule has 136 valence electrons. The van der Waals surface area contributed by atoms with Crippen LogP contribution in [-0.4, -0.2) is 69.3 Å². The predicted octanol–water partition coefficient (Wildman–Crippen LogP) is 1.60. The fraction of sp³-hybridized carbons (Fsp3) is 0.471. The van der Waals surface area contributed by atoms with Gasteiger partial charge in [-0.05, 0) is 29.7 Å². The molecule has 7 nitrogen and oxygen atoms in total. The third-order valence-electron chi connectivity index (χ3n) is 4.42.